The second kappa shape index (κ2) is 6.58. The van der Waals surface area contributed by atoms with E-state index in [1.54, 1.807) is 18.2 Å². The first-order valence-corrected chi connectivity index (χ1v) is 7.82. The minimum absolute atomic E-state index is 0.00530. The summed E-state index contributed by atoms with van der Waals surface area (Å²) in [6.07, 6.45) is -4.51. The van der Waals surface area contributed by atoms with Crippen molar-refractivity contribution in [3.05, 3.63) is 56.5 Å². The molecule has 2 rings (SSSR count). The van der Waals surface area contributed by atoms with Crippen LogP contribution in [0.5, 0.6) is 11.5 Å². The lowest BCUT2D eigenvalue weighted by Gasteiger charge is -2.15. The van der Waals surface area contributed by atoms with Crippen LogP contribution in [0.2, 0.25) is 0 Å². The van der Waals surface area contributed by atoms with Crippen LogP contribution < -0.4 is 4.74 Å². The summed E-state index contributed by atoms with van der Waals surface area (Å²) in [6.45, 7) is 0. The van der Waals surface area contributed by atoms with E-state index >= 15 is 0 Å². The number of alkyl halides is 4. The van der Waals surface area contributed by atoms with Crippen molar-refractivity contribution in [2.75, 3.05) is 0 Å². The summed E-state index contributed by atoms with van der Waals surface area (Å²) in [5.74, 6) is 0.0347. The minimum Gasteiger partial charge on any atom is -0.456 e. The van der Waals surface area contributed by atoms with Crippen molar-refractivity contribution in [1.82, 2.24) is 0 Å². The van der Waals surface area contributed by atoms with Gasteiger partial charge in [0.15, 0.2) is 0 Å². The molecule has 0 N–H and O–H groups in total. The van der Waals surface area contributed by atoms with Crippen LogP contribution >= 0.6 is 43.5 Å². The van der Waals surface area contributed by atoms with E-state index in [2.05, 4.69) is 31.9 Å². The molecule has 7 heteroatoms. The predicted octanol–water partition coefficient (Wildman–Crippen LogP) is 6.76. The number of ether oxygens (including phenoxy) is 1. The molecular formula is C14H8Br2ClF3O. The van der Waals surface area contributed by atoms with Gasteiger partial charge >= 0.3 is 6.18 Å². The van der Waals surface area contributed by atoms with E-state index < -0.39 is 11.7 Å². The lowest BCUT2D eigenvalue weighted by Crippen LogP contribution is -2.08. The van der Waals surface area contributed by atoms with Crippen molar-refractivity contribution < 1.29 is 17.9 Å². The van der Waals surface area contributed by atoms with Gasteiger partial charge in [-0.15, -0.1) is 11.6 Å². The Hall–Kier alpha value is -0.720. The Bertz CT molecular complexity index is 659. The van der Waals surface area contributed by atoms with Gasteiger partial charge in [-0.2, -0.15) is 13.2 Å². The zero-order valence-electron chi connectivity index (χ0n) is 10.3. The highest BCUT2D eigenvalue weighted by atomic mass is 79.9. The predicted molar refractivity (Wildman–Crippen MR) is 82.9 cm³/mol. The van der Waals surface area contributed by atoms with E-state index in [4.69, 9.17) is 16.3 Å². The summed E-state index contributed by atoms with van der Waals surface area (Å²) in [4.78, 5) is 0. The van der Waals surface area contributed by atoms with Gasteiger partial charge in [-0.25, -0.2) is 0 Å². The molecule has 0 aliphatic rings. The molecule has 0 amide bonds. The molecule has 0 aliphatic carbocycles. The van der Waals surface area contributed by atoms with Crippen LogP contribution in [-0.4, -0.2) is 0 Å². The summed E-state index contributed by atoms with van der Waals surface area (Å²) >= 11 is 12.1. The van der Waals surface area contributed by atoms with Gasteiger partial charge in [-0.05, 0) is 51.8 Å². The smallest absolute Gasteiger partial charge is 0.419 e. The largest absolute Gasteiger partial charge is 0.456 e. The minimum atomic E-state index is -4.51. The van der Waals surface area contributed by atoms with Crippen molar-refractivity contribution in [3.8, 4) is 11.5 Å². The monoisotopic (exact) mass is 442 g/mol. The topological polar surface area (TPSA) is 9.23 Å². The summed E-state index contributed by atoms with van der Waals surface area (Å²) in [7, 11) is 0. The maximum atomic E-state index is 13.1. The fraction of sp³-hybridized carbons (Fsp3) is 0.143. The molecule has 0 spiro atoms. The number of rotatable bonds is 3. The highest BCUT2D eigenvalue weighted by molar-refractivity contribution is 9.11. The summed E-state index contributed by atoms with van der Waals surface area (Å²) in [6, 6.07) is 8.72. The third kappa shape index (κ3) is 4.14. The van der Waals surface area contributed by atoms with E-state index in [9.17, 15) is 13.2 Å². The number of hydrogen-bond acceptors (Lipinski definition) is 1. The van der Waals surface area contributed by atoms with Gasteiger partial charge in [0, 0.05) is 10.4 Å². The molecule has 1 nitrogen and oxygen atoms in total. The van der Waals surface area contributed by atoms with Gasteiger partial charge in [-0.1, -0.05) is 22.0 Å². The van der Waals surface area contributed by atoms with Crippen molar-refractivity contribution in [1.29, 1.82) is 0 Å². The average Bonchev–Trinajstić information content (AvgIpc) is 2.41. The van der Waals surface area contributed by atoms with Gasteiger partial charge < -0.3 is 4.74 Å². The Labute approximate surface area is 141 Å². The molecule has 2 aromatic rings. The van der Waals surface area contributed by atoms with E-state index in [1.807, 2.05) is 0 Å². The van der Waals surface area contributed by atoms with E-state index in [0.717, 1.165) is 10.5 Å². The molecule has 21 heavy (non-hydrogen) atoms. The molecule has 0 heterocycles. The molecule has 0 bridgehead atoms. The lowest BCUT2D eigenvalue weighted by atomic mass is 10.1. The number of halogens is 6. The maximum Gasteiger partial charge on any atom is 0.419 e. The highest BCUT2D eigenvalue weighted by Gasteiger charge is 2.35. The van der Waals surface area contributed by atoms with E-state index in [0.29, 0.717) is 15.8 Å². The standard InChI is InChI=1S/C14H8Br2ClF3O/c15-9-2-4-13(11(16)6-9)21-12-3-1-8(7-17)5-10(12)14(18,19)20/h1-6H,7H2. The Morgan fingerprint density at radius 2 is 1.67 bits per heavy atom. The SMILES string of the molecule is FC(F)(F)c1cc(CCl)ccc1Oc1ccc(Br)cc1Br. The van der Waals surface area contributed by atoms with Crippen molar-refractivity contribution in [3.63, 3.8) is 0 Å². The zero-order valence-corrected chi connectivity index (χ0v) is 14.3. The molecule has 2 aromatic carbocycles. The first kappa shape index (κ1) is 16.6. The fourth-order valence-electron chi connectivity index (χ4n) is 1.65. The normalized spacial score (nSPS) is 11.5. The summed E-state index contributed by atoms with van der Waals surface area (Å²) in [5, 5.41) is 0. The van der Waals surface area contributed by atoms with Crippen LogP contribution in [0, 0.1) is 0 Å². The third-order valence-electron chi connectivity index (χ3n) is 2.62. The highest BCUT2D eigenvalue weighted by Crippen LogP contribution is 2.40. The Balaban J connectivity index is 2.44. The van der Waals surface area contributed by atoms with Crippen molar-refractivity contribution in [2.45, 2.75) is 12.1 Å². The zero-order chi connectivity index (χ0) is 15.6. The second-order valence-electron chi connectivity index (χ2n) is 4.14. The third-order valence-corrected chi connectivity index (χ3v) is 4.04. The van der Waals surface area contributed by atoms with Crippen LogP contribution in [0.4, 0.5) is 13.2 Å². The Kier molecular flexibility index (Phi) is 5.22. The van der Waals surface area contributed by atoms with E-state index in [-0.39, 0.29) is 11.6 Å². The number of hydrogen-bond donors (Lipinski definition) is 0. The maximum absolute atomic E-state index is 13.1. The molecule has 0 fully saturated rings. The van der Waals surface area contributed by atoms with Gasteiger partial charge in [0.25, 0.3) is 0 Å². The first-order valence-electron chi connectivity index (χ1n) is 5.70. The Morgan fingerprint density at radius 3 is 2.24 bits per heavy atom. The summed E-state index contributed by atoms with van der Waals surface area (Å²) in [5.41, 5.74) is -0.471. The van der Waals surface area contributed by atoms with Crippen molar-refractivity contribution >= 4 is 43.5 Å². The summed E-state index contributed by atoms with van der Waals surface area (Å²) < 4.78 is 46.0. The molecule has 0 atom stereocenters. The van der Waals surface area contributed by atoms with Gasteiger partial charge in [0.05, 0.1) is 10.0 Å². The van der Waals surface area contributed by atoms with Crippen molar-refractivity contribution in [2.24, 2.45) is 0 Å². The van der Waals surface area contributed by atoms with Gasteiger partial charge in [0.1, 0.15) is 11.5 Å². The first-order chi connectivity index (χ1) is 9.81. The van der Waals surface area contributed by atoms with Crippen LogP contribution in [0.25, 0.3) is 0 Å². The lowest BCUT2D eigenvalue weighted by molar-refractivity contribution is -0.138. The molecule has 0 saturated heterocycles. The van der Waals surface area contributed by atoms with Crippen LogP contribution in [0.1, 0.15) is 11.1 Å². The molecule has 0 saturated carbocycles. The van der Waals surface area contributed by atoms with Crippen LogP contribution in [-0.2, 0) is 12.1 Å². The van der Waals surface area contributed by atoms with E-state index in [1.165, 1.54) is 12.1 Å². The molecule has 0 unspecified atom stereocenters. The van der Waals surface area contributed by atoms with Crippen LogP contribution in [0.3, 0.4) is 0 Å². The molecule has 0 aromatic heterocycles. The van der Waals surface area contributed by atoms with Gasteiger partial charge in [-0.3, -0.25) is 0 Å². The molecular weight excluding hydrogens is 436 g/mol. The Morgan fingerprint density at radius 1 is 1.00 bits per heavy atom. The molecule has 112 valence electrons. The molecule has 0 aliphatic heterocycles. The van der Waals surface area contributed by atoms with Crippen LogP contribution in [0.15, 0.2) is 45.3 Å². The molecule has 0 radical (unpaired) electrons. The second-order valence-corrected chi connectivity index (χ2v) is 6.18. The van der Waals surface area contributed by atoms with Gasteiger partial charge in [0.2, 0.25) is 0 Å². The quantitative estimate of drug-likeness (QED) is 0.475. The number of benzene rings is 2. The average molecular weight is 444 g/mol. The fourth-order valence-corrected chi connectivity index (χ4v) is 2.94.